The Hall–Kier alpha value is -1.46. The third-order valence-electron chi connectivity index (χ3n) is 3.19. The summed E-state index contributed by atoms with van der Waals surface area (Å²) in [6.07, 6.45) is 0.617. The van der Waals surface area contributed by atoms with Crippen molar-refractivity contribution >= 4 is 38.7 Å². The molecule has 0 aliphatic heterocycles. The molecular formula is C15H12BrClFN3. The van der Waals surface area contributed by atoms with Crippen LogP contribution in [0, 0.1) is 12.7 Å². The van der Waals surface area contributed by atoms with Gasteiger partial charge in [0.1, 0.15) is 17.2 Å². The fraction of sp³-hybridized carbons (Fsp3) is 0.200. The van der Waals surface area contributed by atoms with Gasteiger partial charge < -0.3 is 0 Å². The van der Waals surface area contributed by atoms with Gasteiger partial charge in [-0.2, -0.15) is 0 Å². The molecule has 6 heteroatoms. The van der Waals surface area contributed by atoms with Gasteiger partial charge in [-0.15, -0.1) is 11.6 Å². The lowest BCUT2D eigenvalue weighted by Gasteiger charge is -2.09. The van der Waals surface area contributed by atoms with Crippen LogP contribution in [0.2, 0.25) is 0 Å². The van der Waals surface area contributed by atoms with Gasteiger partial charge >= 0.3 is 0 Å². The fourth-order valence-electron chi connectivity index (χ4n) is 2.25. The lowest BCUT2D eigenvalue weighted by atomic mass is 10.3. The van der Waals surface area contributed by atoms with Crippen LogP contribution in [0.25, 0.3) is 16.9 Å². The Kier molecular flexibility index (Phi) is 3.95. The highest BCUT2D eigenvalue weighted by molar-refractivity contribution is 9.10. The van der Waals surface area contributed by atoms with E-state index in [1.165, 1.54) is 6.07 Å². The van der Waals surface area contributed by atoms with Crippen LogP contribution in [0.1, 0.15) is 11.5 Å². The van der Waals surface area contributed by atoms with E-state index in [-0.39, 0.29) is 5.82 Å². The van der Waals surface area contributed by atoms with Crippen LogP contribution < -0.4 is 0 Å². The number of fused-ring (bicyclic) bond motifs is 1. The van der Waals surface area contributed by atoms with Crippen molar-refractivity contribution in [3.8, 4) is 5.69 Å². The quantitative estimate of drug-likeness (QED) is 0.641. The van der Waals surface area contributed by atoms with Crippen molar-refractivity contribution < 1.29 is 4.39 Å². The van der Waals surface area contributed by atoms with Gasteiger partial charge in [-0.1, -0.05) is 0 Å². The minimum absolute atomic E-state index is 0.300. The highest BCUT2D eigenvalue weighted by Crippen LogP contribution is 2.25. The van der Waals surface area contributed by atoms with Crippen LogP contribution in [-0.4, -0.2) is 20.4 Å². The molecule has 0 aliphatic rings. The van der Waals surface area contributed by atoms with Crippen molar-refractivity contribution in [1.29, 1.82) is 0 Å². The number of alkyl halides is 1. The zero-order valence-corrected chi connectivity index (χ0v) is 13.6. The summed E-state index contributed by atoms with van der Waals surface area (Å²) in [5.74, 6) is 0.979. The summed E-state index contributed by atoms with van der Waals surface area (Å²) in [6, 6.07) is 8.71. The molecule has 3 nitrogen and oxygen atoms in total. The zero-order chi connectivity index (χ0) is 15.0. The first-order valence-electron chi connectivity index (χ1n) is 6.46. The summed E-state index contributed by atoms with van der Waals surface area (Å²) in [6.45, 7) is 1.93. The number of benzene rings is 1. The lowest BCUT2D eigenvalue weighted by molar-refractivity contribution is 0.620. The molecular weight excluding hydrogens is 357 g/mol. The van der Waals surface area contributed by atoms with E-state index in [1.54, 1.807) is 12.1 Å². The van der Waals surface area contributed by atoms with Crippen molar-refractivity contribution in [3.05, 3.63) is 52.1 Å². The molecule has 21 heavy (non-hydrogen) atoms. The van der Waals surface area contributed by atoms with Crippen LogP contribution in [-0.2, 0) is 6.42 Å². The van der Waals surface area contributed by atoms with E-state index in [0.29, 0.717) is 16.8 Å². The van der Waals surface area contributed by atoms with Crippen LogP contribution in [0.4, 0.5) is 4.39 Å². The Balaban J connectivity index is 2.29. The first-order chi connectivity index (χ1) is 10.1. The second-order valence-electron chi connectivity index (χ2n) is 4.70. The molecule has 108 valence electrons. The van der Waals surface area contributed by atoms with Crippen LogP contribution >= 0.6 is 27.5 Å². The second kappa shape index (κ2) is 5.73. The summed E-state index contributed by atoms with van der Waals surface area (Å²) in [5.41, 5.74) is 3.28. The predicted octanol–water partition coefficient (Wildman–Crippen LogP) is 4.41. The molecule has 1 aromatic carbocycles. The number of hydrogen-bond acceptors (Lipinski definition) is 2. The molecule has 0 aliphatic carbocycles. The first-order valence-corrected chi connectivity index (χ1v) is 7.79. The summed E-state index contributed by atoms with van der Waals surface area (Å²) < 4.78 is 15.8. The van der Waals surface area contributed by atoms with E-state index in [4.69, 9.17) is 11.6 Å². The maximum absolute atomic E-state index is 13.5. The van der Waals surface area contributed by atoms with Gasteiger partial charge in [0.05, 0.1) is 10.2 Å². The molecule has 0 amide bonds. The molecule has 0 fully saturated rings. The normalized spacial score (nSPS) is 11.2. The molecule has 0 atom stereocenters. The number of halogens is 3. The van der Waals surface area contributed by atoms with Crippen LogP contribution in [0.5, 0.6) is 0 Å². The average molecular weight is 369 g/mol. The van der Waals surface area contributed by atoms with Gasteiger partial charge in [0.25, 0.3) is 0 Å². The van der Waals surface area contributed by atoms with Gasteiger partial charge in [0, 0.05) is 18.0 Å². The maximum Gasteiger partial charge on any atom is 0.164 e. The van der Waals surface area contributed by atoms with Crippen molar-refractivity contribution in [1.82, 2.24) is 14.5 Å². The van der Waals surface area contributed by atoms with Crippen molar-refractivity contribution in [3.63, 3.8) is 0 Å². The number of pyridine rings is 1. The van der Waals surface area contributed by atoms with E-state index in [1.807, 2.05) is 23.6 Å². The van der Waals surface area contributed by atoms with E-state index < -0.39 is 0 Å². The summed E-state index contributed by atoms with van der Waals surface area (Å²) >= 11 is 9.09. The van der Waals surface area contributed by atoms with E-state index >= 15 is 0 Å². The van der Waals surface area contributed by atoms with Crippen LogP contribution in [0.3, 0.4) is 0 Å². The molecule has 0 bridgehead atoms. The van der Waals surface area contributed by atoms with Gasteiger partial charge in [-0.3, -0.25) is 4.57 Å². The van der Waals surface area contributed by atoms with Crippen molar-refractivity contribution in [2.24, 2.45) is 0 Å². The minimum atomic E-state index is -0.300. The molecule has 0 saturated heterocycles. The molecule has 3 rings (SSSR count). The molecule has 2 heterocycles. The van der Waals surface area contributed by atoms with Gasteiger partial charge in [-0.25, -0.2) is 14.4 Å². The average Bonchev–Trinajstić information content (AvgIpc) is 2.80. The molecule has 0 saturated carbocycles. The predicted molar refractivity (Wildman–Crippen MR) is 85.7 cm³/mol. The first kappa shape index (κ1) is 14.5. The number of nitrogens with zero attached hydrogens (tertiary/aromatic N) is 3. The fourth-order valence-corrected chi connectivity index (χ4v) is 2.78. The van der Waals surface area contributed by atoms with E-state index in [0.717, 1.165) is 28.4 Å². The van der Waals surface area contributed by atoms with Crippen LogP contribution in [0.15, 0.2) is 34.8 Å². The summed E-state index contributed by atoms with van der Waals surface area (Å²) in [4.78, 5) is 9.13. The topological polar surface area (TPSA) is 30.7 Å². The molecule has 0 spiro atoms. The van der Waals surface area contributed by atoms with Gasteiger partial charge in [-0.05, 0) is 53.2 Å². The molecule has 3 aromatic rings. The molecule has 0 unspecified atom stereocenters. The number of rotatable bonds is 3. The standard InChI is InChI=1S/C15H12BrClFN3/c1-9-2-5-13-15(19-9)21(14(20-13)6-7-17)10-3-4-12(18)11(16)8-10/h2-5,8H,6-7H2,1H3. The van der Waals surface area contributed by atoms with Crippen molar-refractivity contribution in [2.45, 2.75) is 13.3 Å². The number of aryl methyl sites for hydroxylation is 2. The second-order valence-corrected chi connectivity index (χ2v) is 5.93. The Morgan fingerprint density at radius 1 is 1.24 bits per heavy atom. The Morgan fingerprint density at radius 2 is 2.05 bits per heavy atom. The molecule has 2 aromatic heterocycles. The third-order valence-corrected chi connectivity index (χ3v) is 3.99. The van der Waals surface area contributed by atoms with E-state index in [9.17, 15) is 4.39 Å². The third kappa shape index (κ3) is 2.68. The van der Waals surface area contributed by atoms with Crippen molar-refractivity contribution in [2.75, 3.05) is 5.88 Å². The number of hydrogen-bond donors (Lipinski definition) is 0. The SMILES string of the molecule is Cc1ccc2nc(CCCl)n(-c3ccc(F)c(Br)c3)c2n1. The minimum Gasteiger partial charge on any atom is -0.281 e. The number of imidazole rings is 1. The highest BCUT2D eigenvalue weighted by atomic mass is 79.9. The monoisotopic (exact) mass is 367 g/mol. The highest BCUT2D eigenvalue weighted by Gasteiger charge is 2.14. The summed E-state index contributed by atoms with van der Waals surface area (Å²) in [7, 11) is 0. The Morgan fingerprint density at radius 3 is 2.76 bits per heavy atom. The Bertz CT molecular complexity index is 816. The summed E-state index contributed by atoms with van der Waals surface area (Å²) in [5, 5.41) is 0. The number of aromatic nitrogens is 3. The Labute approximate surface area is 134 Å². The van der Waals surface area contributed by atoms with E-state index in [2.05, 4.69) is 25.9 Å². The zero-order valence-electron chi connectivity index (χ0n) is 11.3. The molecule has 0 N–H and O–H groups in total. The molecule has 0 radical (unpaired) electrons. The maximum atomic E-state index is 13.5. The smallest absolute Gasteiger partial charge is 0.164 e. The largest absolute Gasteiger partial charge is 0.281 e. The van der Waals surface area contributed by atoms with Gasteiger partial charge in [0.15, 0.2) is 5.65 Å². The lowest BCUT2D eigenvalue weighted by Crippen LogP contribution is -2.03. The van der Waals surface area contributed by atoms with Gasteiger partial charge in [0.2, 0.25) is 0 Å².